The Hall–Kier alpha value is -3.22. The van der Waals surface area contributed by atoms with Gasteiger partial charge in [0.2, 0.25) is 0 Å². The molecular formula is C23H16ClNO4S. The molecule has 0 unspecified atom stereocenters. The fourth-order valence-corrected chi connectivity index (χ4v) is 3.96. The lowest BCUT2D eigenvalue weighted by molar-refractivity contribution is -0.113. The molecular weight excluding hydrogens is 422 g/mol. The van der Waals surface area contributed by atoms with Gasteiger partial charge in [0.25, 0.3) is 11.1 Å². The van der Waals surface area contributed by atoms with Crippen molar-refractivity contribution in [2.45, 2.75) is 6.61 Å². The molecule has 2 amide bonds. The zero-order valence-corrected chi connectivity index (χ0v) is 17.2. The first-order valence-corrected chi connectivity index (χ1v) is 10.2. The van der Waals surface area contributed by atoms with Crippen molar-refractivity contribution < 1.29 is 19.4 Å². The number of rotatable bonds is 5. The van der Waals surface area contributed by atoms with Gasteiger partial charge in [-0.2, -0.15) is 0 Å². The predicted molar refractivity (Wildman–Crippen MR) is 119 cm³/mol. The first-order valence-electron chi connectivity index (χ1n) is 9.05. The number of amides is 2. The summed E-state index contributed by atoms with van der Waals surface area (Å²) in [6.45, 7) is 0.277. The van der Waals surface area contributed by atoms with Crippen molar-refractivity contribution in [3.05, 3.63) is 93.9 Å². The molecule has 0 aliphatic carbocycles. The summed E-state index contributed by atoms with van der Waals surface area (Å²) in [5.41, 5.74) is 1.93. The van der Waals surface area contributed by atoms with Crippen LogP contribution >= 0.6 is 23.4 Å². The molecule has 0 spiro atoms. The average Bonchev–Trinajstić information content (AvgIpc) is 3.02. The van der Waals surface area contributed by atoms with Crippen LogP contribution in [0.4, 0.5) is 10.5 Å². The number of anilines is 1. The molecule has 0 saturated carbocycles. The number of hydrogen-bond donors (Lipinski definition) is 1. The highest BCUT2D eigenvalue weighted by molar-refractivity contribution is 8.19. The Kier molecular flexibility index (Phi) is 5.79. The maximum Gasteiger partial charge on any atom is 0.298 e. The van der Waals surface area contributed by atoms with Gasteiger partial charge in [-0.15, -0.1) is 0 Å². The standard InChI is InChI=1S/C23H16ClNO4S/c24-19-7-3-1-6-16(19)14-29-20-8-4-2-5-15(20)13-21-22(27)25(23(28)30-21)17-9-11-18(26)12-10-17/h1-13,26H,14H2/b21-13-. The first-order chi connectivity index (χ1) is 14.5. The highest BCUT2D eigenvalue weighted by Crippen LogP contribution is 2.37. The van der Waals surface area contributed by atoms with E-state index in [0.29, 0.717) is 26.9 Å². The van der Waals surface area contributed by atoms with Gasteiger partial charge in [0.05, 0.1) is 10.6 Å². The average molecular weight is 438 g/mol. The van der Waals surface area contributed by atoms with Gasteiger partial charge in [-0.05, 0) is 54.2 Å². The van der Waals surface area contributed by atoms with E-state index in [2.05, 4.69) is 0 Å². The molecule has 150 valence electrons. The van der Waals surface area contributed by atoms with Gasteiger partial charge in [0, 0.05) is 16.1 Å². The van der Waals surface area contributed by atoms with E-state index in [9.17, 15) is 14.7 Å². The summed E-state index contributed by atoms with van der Waals surface area (Å²) in [7, 11) is 0. The number of thioether (sulfide) groups is 1. The van der Waals surface area contributed by atoms with Crippen molar-refractivity contribution in [3.63, 3.8) is 0 Å². The lowest BCUT2D eigenvalue weighted by Crippen LogP contribution is -2.27. The van der Waals surface area contributed by atoms with Crippen LogP contribution in [0.2, 0.25) is 5.02 Å². The number of nitrogens with zero attached hydrogens (tertiary/aromatic N) is 1. The van der Waals surface area contributed by atoms with Crippen LogP contribution in [0, 0.1) is 0 Å². The fraction of sp³-hybridized carbons (Fsp3) is 0.0435. The number of carbonyl (C=O) groups is 2. The summed E-state index contributed by atoms with van der Waals surface area (Å²) in [5, 5.41) is 9.65. The second-order valence-corrected chi connectivity index (χ2v) is 7.85. The van der Waals surface area contributed by atoms with Crippen LogP contribution in [0.25, 0.3) is 6.08 Å². The molecule has 1 N–H and O–H groups in total. The highest BCUT2D eigenvalue weighted by atomic mass is 35.5. The maximum absolute atomic E-state index is 12.8. The molecule has 1 aliphatic heterocycles. The van der Waals surface area contributed by atoms with Crippen molar-refractivity contribution in [1.82, 2.24) is 0 Å². The molecule has 0 bridgehead atoms. The number of imide groups is 1. The van der Waals surface area contributed by atoms with Crippen molar-refractivity contribution in [3.8, 4) is 11.5 Å². The Labute approximate surface area is 182 Å². The molecule has 7 heteroatoms. The Bertz CT molecular complexity index is 1140. The van der Waals surface area contributed by atoms with Gasteiger partial charge in [-0.3, -0.25) is 9.59 Å². The van der Waals surface area contributed by atoms with Crippen molar-refractivity contribution >= 4 is 46.3 Å². The molecule has 1 saturated heterocycles. The topological polar surface area (TPSA) is 66.8 Å². The van der Waals surface area contributed by atoms with Gasteiger partial charge < -0.3 is 9.84 Å². The van der Waals surface area contributed by atoms with E-state index >= 15 is 0 Å². The minimum atomic E-state index is -0.420. The molecule has 1 aliphatic rings. The van der Waals surface area contributed by atoms with E-state index in [1.165, 1.54) is 24.3 Å². The molecule has 3 aromatic rings. The first kappa shape index (κ1) is 20.1. The number of carbonyl (C=O) groups excluding carboxylic acids is 2. The molecule has 1 heterocycles. The number of ether oxygens (including phenoxy) is 1. The smallest absolute Gasteiger partial charge is 0.298 e. The van der Waals surface area contributed by atoms with Crippen molar-refractivity contribution in [2.75, 3.05) is 4.90 Å². The molecule has 0 atom stereocenters. The Morgan fingerprint density at radius 3 is 2.43 bits per heavy atom. The minimum absolute atomic E-state index is 0.0610. The van der Waals surface area contributed by atoms with E-state index in [0.717, 1.165) is 22.2 Å². The lowest BCUT2D eigenvalue weighted by Gasteiger charge is -2.12. The van der Waals surface area contributed by atoms with Gasteiger partial charge in [-0.25, -0.2) is 4.90 Å². The van der Waals surface area contributed by atoms with Crippen LogP contribution in [0.3, 0.4) is 0 Å². The van der Waals surface area contributed by atoms with Crippen LogP contribution in [-0.2, 0) is 11.4 Å². The number of aromatic hydroxyl groups is 1. The Morgan fingerprint density at radius 1 is 0.967 bits per heavy atom. The zero-order valence-electron chi connectivity index (χ0n) is 15.6. The largest absolute Gasteiger partial charge is 0.508 e. The SMILES string of the molecule is O=C1S/C(=C\c2ccccc2OCc2ccccc2Cl)C(=O)N1c1ccc(O)cc1. The predicted octanol–water partition coefficient (Wildman–Crippen LogP) is 5.87. The molecule has 3 aromatic carbocycles. The quantitative estimate of drug-likeness (QED) is 0.506. The van der Waals surface area contributed by atoms with E-state index < -0.39 is 11.1 Å². The summed E-state index contributed by atoms with van der Waals surface area (Å²) in [6.07, 6.45) is 1.65. The summed E-state index contributed by atoms with van der Waals surface area (Å²) >= 11 is 7.05. The normalized spacial score (nSPS) is 15.1. The second-order valence-electron chi connectivity index (χ2n) is 6.45. The van der Waals surface area contributed by atoms with E-state index in [4.69, 9.17) is 16.3 Å². The van der Waals surface area contributed by atoms with E-state index in [1.54, 1.807) is 18.2 Å². The van der Waals surface area contributed by atoms with Gasteiger partial charge in [-0.1, -0.05) is 48.0 Å². The van der Waals surface area contributed by atoms with Gasteiger partial charge >= 0.3 is 0 Å². The lowest BCUT2D eigenvalue weighted by atomic mass is 10.1. The summed E-state index contributed by atoms with van der Waals surface area (Å²) in [6, 6.07) is 20.6. The summed E-state index contributed by atoms with van der Waals surface area (Å²) in [5.74, 6) is 0.219. The van der Waals surface area contributed by atoms with E-state index in [-0.39, 0.29) is 12.4 Å². The van der Waals surface area contributed by atoms with Crippen LogP contribution in [-0.4, -0.2) is 16.3 Å². The molecule has 0 aromatic heterocycles. The third kappa shape index (κ3) is 4.20. The monoisotopic (exact) mass is 437 g/mol. The number of benzene rings is 3. The molecule has 1 fully saturated rings. The van der Waals surface area contributed by atoms with Crippen LogP contribution in [0.1, 0.15) is 11.1 Å². The Morgan fingerprint density at radius 2 is 1.67 bits per heavy atom. The number of para-hydroxylation sites is 1. The highest BCUT2D eigenvalue weighted by Gasteiger charge is 2.36. The third-order valence-corrected chi connectivity index (χ3v) is 5.69. The molecule has 4 rings (SSSR count). The zero-order chi connectivity index (χ0) is 21.1. The Balaban J connectivity index is 1.58. The van der Waals surface area contributed by atoms with Crippen LogP contribution in [0.15, 0.2) is 77.7 Å². The number of phenols is 1. The third-order valence-electron chi connectivity index (χ3n) is 4.45. The summed E-state index contributed by atoms with van der Waals surface area (Å²) < 4.78 is 5.93. The fourth-order valence-electron chi connectivity index (χ4n) is 2.94. The number of halogens is 1. The molecule has 5 nitrogen and oxygen atoms in total. The maximum atomic E-state index is 12.8. The molecule has 30 heavy (non-hydrogen) atoms. The molecule has 0 radical (unpaired) electrons. The number of phenolic OH excluding ortho intramolecular Hbond substituents is 1. The van der Waals surface area contributed by atoms with Gasteiger partial charge in [0.1, 0.15) is 18.1 Å². The van der Waals surface area contributed by atoms with Crippen molar-refractivity contribution in [1.29, 1.82) is 0 Å². The summed E-state index contributed by atoms with van der Waals surface area (Å²) in [4.78, 5) is 26.6. The second kappa shape index (κ2) is 8.65. The van der Waals surface area contributed by atoms with E-state index in [1.807, 2.05) is 36.4 Å². The van der Waals surface area contributed by atoms with Gasteiger partial charge in [0.15, 0.2) is 0 Å². The van der Waals surface area contributed by atoms with Crippen LogP contribution < -0.4 is 9.64 Å². The van der Waals surface area contributed by atoms with Crippen molar-refractivity contribution in [2.24, 2.45) is 0 Å². The minimum Gasteiger partial charge on any atom is -0.508 e. The van der Waals surface area contributed by atoms with Crippen LogP contribution in [0.5, 0.6) is 11.5 Å². The number of hydrogen-bond acceptors (Lipinski definition) is 5.